The maximum Gasteiger partial charge on any atom is 0.458 e. The van der Waals surface area contributed by atoms with E-state index >= 15 is 0 Å². The van der Waals surface area contributed by atoms with Crippen molar-refractivity contribution >= 4 is 21.5 Å². The van der Waals surface area contributed by atoms with Gasteiger partial charge in [0.15, 0.2) is 5.76 Å². The lowest BCUT2D eigenvalue weighted by Crippen LogP contribution is -2.33. The van der Waals surface area contributed by atoms with E-state index in [0.29, 0.717) is 28.3 Å². The number of hydrogen-bond donors (Lipinski definition) is 0. The average molecular weight is 456 g/mol. The SMILES string of the molecule is FC(F)(F)C(F)(F)c1ccccc1Oc1nnc(-c2ccco2)c2cc3ccccc3cc12. The second-order valence-electron chi connectivity index (χ2n) is 7.25. The molecule has 0 bridgehead atoms. The van der Waals surface area contributed by atoms with Gasteiger partial charge in [-0.3, -0.25) is 0 Å². The third kappa shape index (κ3) is 3.55. The topological polar surface area (TPSA) is 48.2 Å². The van der Waals surface area contributed by atoms with Crippen LogP contribution in [0.1, 0.15) is 5.56 Å². The lowest BCUT2D eigenvalue weighted by atomic mass is 10.0. The van der Waals surface area contributed by atoms with Crippen LogP contribution in [-0.4, -0.2) is 16.4 Å². The quantitative estimate of drug-likeness (QED) is 0.208. The Labute approximate surface area is 183 Å². The minimum Gasteiger partial charge on any atom is -0.463 e. The van der Waals surface area contributed by atoms with Gasteiger partial charge in [-0.2, -0.15) is 22.0 Å². The summed E-state index contributed by atoms with van der Waals surface area (Å²) in [4.78, 5) is 0. The number of ether oxygens (including phenoxy) is 1. The van der Waals surface area contributed by atoms with Crippen molar-refractivity contribution < 1.29 is 31.1 Å². The molecule has 0 radical (unpaired) electrons. The first-order chi connectivity index (χ1) is 15.8. The van der Waals surface area contributed by atoms with Crippen molar-refractivity contribution in [1.82, 2.24) is 10.2 Å². The molecule has 0 N–H and O–H groups in total. The zero-order chi connectivity index (χ0) is 23.2. The van der Waals surface area contributed by atoms with Crippen LogP contribution in [0.5, 0.6) is 11.6 Å². The highest BCUT2D eigenvalue weighted by molar-refractivity contribution is 6.05. The molecule has 9 heteroatoms. The minimum atomic E-state index is -5.79. The molecule has 0 spiro atoms. The Morgan fingerprint density at radius 2 is 1.39 bits per heavy atom. The van der Waals surface area contributed by atoms with Gasteiger partial charge in [-0.1, -0.05) is 36.4 Å². The molecule has 0 atom stereocenters. The molecule has 5 aromatic rings. The first-order valence-corrected chi connectivity index (χ1v) is 9.70. The Morgan fingerprint density at radius 1 is 0.727 bits per heavy atom. The Hall–Kier alpha value is -4.01. The number of aromatic nitrogens is 2. The number of para-hydroxylation sites is 1. The number of hydrogen-bond acceptors (Lipinski definition) is 4. The van der Waals surface area contributed by atoms with Crippen LogP contribution in [0.2, 0.25) is 0 Å². The predicted molar refractivity (Wildman–Crippen MR) is 111 cm³/mol. The lowest BCUT2D eigenvalue weighted by molar-refractivity contribution is -0.289. The Kier molecular flexibility index (Phi) is 4.77. The van der Waals surface area contributed by atoms with E-state index in [0.717, 1.165) is 22.9 Å². The molecule has 4 nitrogen and oxygen atoms in total. The second kappa shape index (κ2) is 7.54. The summed E-state index contributed by atoms with van der Waals surface area (Å²) in [6.45, 7) is 0. The van der Waals surface area contributed by atoms with E-state index in [9.17, 15) is 22.0 Å². The molecule has 0 saturated carbocycles. The summed E-state index contributed by atoms with van der Waals surface area (Å²) >= 11 is 0. The summed E-state index contributed by atoms with van der Waals surface area (Å²) < 4.78 is 78.4. The Morgan fingerprint density at radius 3 is 2.06 bits per heavy atom. The van der Waals surface area contributed by atoms with Gasteiger partial charge < -0.3 is 9.15 Å². The van der Waals surface area contributed by atoms with Crippen molar-refractivity contribution in [2.45, 2.75) is 12.1 Å². The van der Waals surface area contributed by atoms with Crippen molar-refractivity contribution in [3.8, 4) is 23.1 Å². The molecular weight excluding hydrogens is 443 g/mol. The fraction of sp³-hybridized carbons (Fsp3) is 0.0833. The highest BCUT2D eigenvalue weighted by Crippen LogP contribution is 2.48. The third-order valence-corrected chi connectivity index (χ3v) is 5.15. The van der Waals surface area contributed by atoms with Crippen molar-refractivity contribution in [2.24, 2.45) is 0 Å². The molecule has 33 heavy (non-hydrogen) atoms. The van der Waals surface area contributed by atoms with Crippen LogP contribution < -0.4 is 4.74 Å². The Balaban J connectivity index is 1.71. The largest absolute Gasteiger partial charge is 0.463 e. The number of nitrogens with zero attached hydrogens (tertiary/aromatic N) is 2. The van der Waals surface area contributed by atoms with Crippen LogP contribution in [0, 0.1) is 0 Å². The zero-order valence-electron chi connectivity index (χ0n) is 16.6. The van der Waals surface area contributed by atoms with Gasteiger partial charge in [-0.05, 0) is 47.2 Å². The summed E-state index contributed by atoms with van der Waals surface area (Å²) in [5.74, 6) is -5.59. The molecule has 0 fully saturated rings. The molecule has 0 aliphatic carbocycles. The summed E-state index contributed by atoms with van der Waals surface area (Å²) in [5, 5.41) is 10.7. The van der Waals surface area contributed by atoms with E-state index in [1.54, 1.807) is 24.3 Å². The van der Waals surface area contributed by atoms with Gasteiger partial charge in [0.05, 0.1) is 11.8 Å². The third-order valence-electron chi connectivity index (χ3n) is 5.15. The van der Waals surface area contributed by atoms with Gasteiger partial charge in [-0.15, -0.1) is 10.2 Å². The predicted octanol–water partition coefficient (Wildman–Crippen LogP) is 7.49. The highest BCUT2D eigenvalue weighted by atomic mass is 19.4. The molecule has 0 aliphatic heterocycles. The lowest BCUT2D eigenvalue weighted by Gasteiger charge is -2.22. The van der Waals surface area contributed by atoms with Crippen LogP contribution in [0.15, 0.2) is 83.5 Å². The van der Waals surface area contributed by atoms with E-state index in [2.05, 4.69) is 10.2 Å². The fourth-order valence-electron chi connectivity index (χ4n) is 3.56. The number of fused-ring (bicyclic) bond motifs is 2. The van der Waals surface area contributed by atoms with Crippen molar-refractivity contribution in [2.75, 3.05) is 0 Å². The van der Waals surface area contributed by atoms with Crippen LogP contribution in [-0.2, 0) is 5.92 Å². The summed E-state index contributed by atoms with van der Waals surface area (Å²) in [7, 11) is 0. The molecule has 0 amide bonds. The summed E-state index contributed by atoms with van der Waals surface area (Å²) in [5.41, 5.74) is -0.939. The van der Waals surface area contributed by atoms with Gasteiger partial charge in [0.1, 0.15) is 11.4 Å². The molecule has 3 aromatic carbocycles. The minimum absolute atomic E-state index is 0.212. The maximum atomic E-state index is 14.1. The zero-order valence-corrected chi connectivity index (χ0v) is 16.6. The van der Waals surface area contributed by atoms with E-state index in [-0.39, 0.29) is 5.88 Å². The van der Waals surface area contributed by atoms with Gasteiger partial charge in [0.2, 0.25) is 5.88 Å². The first kappa shape index (κ1) is 20.9. The number of benzene rings is 3. The second-order valence-corrected chi connectivity index (χ2v) is 7.25. The summed E-state index contributed by atoms with van der Waals surface area (Å²) in [6, 6.07) is 18.3. The van der Waals surface area contributed by atoms with Gasteiger partial charge in [0.25, 0.3) is 0 Å². The standard InChI is InChI=1S/C24H13F5N2O2/c25-23(26,24(27,28)29)18-8-3-4-9-19(18)33-22-17-13-15-7-2-1-6-14(15)12-16(17)21(30-31-22)20-10-5-11-32-20/h1-13H. The number of rotatable bonds is 4. The number of alkyl halides is 5. The first-order valence-electron chi connectivity index (χ1n) is 9.70. The molecule has 0 aliphatic rings. The smallest absolute Gasteiger partial charge is 0.458 e. The fourth-order valence-corrected chi connectivity index (χ4v) is 3.56. The molecule has 2 aromatic heterocycles. The van der Waals surface area contributed by atoms with Crippen LogP contribution in [0.4, 0.5) is 22.0 Å². The van der Waals surface area contributed by atoms with Gasteiger partial charge in [-0.25, -0.2) is 0 Å². The van der Waals surface area contributed by atoms with Crippen LogP contribution >= 0.6 is 0 Å². The molecule has 2 heterocycles. The van der Waals surface area contributed by atoms with E-state index < -0.39 is 23.4 Å². The van der Waals surface area contributed by atoms with E-state index in [1.807, 2.05) is 24.3 Å². The van der Waals surface area contributed by atoms with Crippen LogP contribution in [0.3, 0.4) is 0 Å². The van der Waals surface area contributed by atoms with Crippen molar-refractivity contribution in [1.29, 1.82) is 0 Å². The summed E-state index contributed by atoms with van der Waals surface area (Å²) in [6.07, 6.45) is -4.33. The van der Waals surface area contributed by atoms with E-state index in [1.165, 1.54) is 12.3 Å². The molecule has 0 unspecified atom stereocenters. The average Bonchev–Trinajstić information content (AvgIpc) is 3.32. The molecule has 5 rings (SSSR count). The highest BCUT2D eigenvalue weighted by Gasteiger charge is 2.60. The molecule has 166 valence electrons. The van der Waals surface area contributed by atoms with Crippen molar-refractivity contribution in [3.05, 3.63) is 84.6 Å². The van der Waals surface area contributed by atoms with E-state index in [4.69, 9.17) is 9.15 Å². The van der Waals surface area contributed by atoms with Crippen LogP contribution in [0.25, 0.3) is 33.0 Å². The number of furan rings is 1. The monoisotopic (exact) mass is 456 g/mol. The normalized spacial score (nSPS) is 12.4. The Bertz CT molecular complexity index is 1460. The van der Waals surface area contributed by atoms with Crippen molar-refractivity contribution in [3.63, 3.8) is 0 Å². The van der Waals surface area contributed by atoms with Gasteiger partial charge in [0, 0.05) is 10.8 Å². The maximum absolute atomic E-state index is 14.1. The number of halogens is 5. The van der Waals surface area contributed by atoms with Gasteiger partial charge >= 0.3 is 12.1 Å². The molecular formula is C24H13F5N2O2. The molecule has 0 saturated heterocycles.